The van der Waals surface area contributed by atoms with Gasteiger partial charge in [0, 0.05) is 51.9 Å². The fourth-order valence-electron chi connectivity index (χ4n) is 5.12. The molecule has 1 saturated heterocycles. The van der Waals surface area contributed by atoms with Crippen molar-refractivity contribution >= 4 is 27.5 Å². The first kappa shape index (κ1) is 30.1. The van der Waals surface area contributed by atoms with Crippen LogP contribution in [-0.4, -0.2) is 75.2 Å². The van der Waals surface area contributed by atoms with E-state index in [9.17, 15) is 13.2 Å². The summed E-state index contributed by atoms with van der Waals surface area (Å²) in [4.78, 5) is 16.4. The van der Waals surface area contributed by atoms with E-state index in [0.29, 0.717) is 51.9 Å². The number of carbonyl (C=O) groups excluding carboxylic acids is 1. The van der Waals surface area contributed by atoms with Crippen molar-refractivity contribution in [2.75, 3.05) is 49.9 Å². The minimum atomic E-state index is -3.69. The number of hydrogen-bond acceptors (Lipinski definition) is 7. The van der Waals surface area contributed by atoms with Gasteiger partial charge in [-0.1, -0.05) is 49.6 Å². The lowest BCUT2D eigenvalue weighted by molar-refractivity contribution is 0.0147. The molecule has 1 heterocycles. The molecule has 220 valence electrons. The van der Waals surface area contributed by atoms with Crippen molar-refractivity contribution in [1.82, 2.24) is 14.5 Å². The number of piperazine rings is 1. The van der Waals surface area contributed by atoms with Crippen LogP contribution in [0.1, 0.15) is 58.4 Å². The third-order valence-corrected chi connectivity index (χ3v) is 8.79. The van der Waals surface area contributed by atoms with Crippen molar-refractivity contribution in [3.8, 4) is 0 Å². The van der Waals surface area contributed by atoms with Crippen molar-refractivity contribution in [3.63, 3.8) is 0 Å². The van der Waals surface area contributed by atoms with Gasteiger partial charge in [-0.2, -0.15) is 0 Å². The highest BCUT2D eigenvalue weighted by Crippen LogP contribution is 2.30. The quantitative estimate of drug-likeness (QED) is 0.374. The second kappa shape index (κ2) is 13.7. The van der Waals surface area contributed by atoms with Gasteiger partial charge in [0.25, 0.3) is 0 Å². The molecule has 0 radical (unpaired) electrons. The first-order valence-corrected chi connectivity index (χ1v) is 16.0. The van der Waals surface area contributed by atoms with Crippen LogP contribution in [0.3, 0.4) is 0 Å². The zero-order valence-electron chi connectivity index (χ0n) is 24.1. The molecule has 0 atom stereocenters. The van der Waals surface area contributed by atoms with E-state index in [1.165, 1.54) is 19.3 Å². The van der Waals surface area contributed by atoms with Crippen LogP contribution in [0.4, 0.5) is 16.2 Å². The third kappa shape index (κ3) is 9.11. The molecule has 10 heteroatoms. The minimum absolute atomic E-state index is 0.243. The highest BCUT2D eigenvalue weighted by atomic mass is 32.2. The van der Waals surface area contributed by atoms with Gasteiger partial charge in [0.15, 0.2) is 0 Å². The van der Waals surface area contributed by atoms with Crippen molar-refractivity contribution in [1.29, 1.82) is 0 Å². The number of ether oxygens (including phenoxy) is 1. The Labute approximate surface area is 239 Å². The predicted octanol–water partition coefficient (Wildman–Crippen LogP) is 4.87. The van der Waals surface area contributed by atoms with Gasteiger partial charge in [-0.05, 0) is 57.4 Å². The van der Waals surface area contributed by atoms with Gasteiger partial charge in [-0.3, -0.25) is 4.90 Å². The lowest BCUT2D eigenvalue weighted by Crippen LogP contribution is -2.51. The fourth-order valence-corrected chi connectivity index (χ4v) is 6.17. The molecular weight excluding hydrogens is 526 g/mol. The summed E-state index contributed by atoms with van der Waals surface area (Å²) in [6.07, 6.45) is 5.68. The molecule has 0 unspecified atom stereocenters. The first-order chi connectivity index (χ1) is 19.1. The van der Waals surface area contributed by atoms with E-state index in [2.05, 4.69) is 32.4 Å². The lowest BCUT2D eigenvalue weighted by atomic mass is 9.95. The van der Waals surface area contributed by atoms with E-state index in [0.717, 1.165) is 29.8 Å². The molecule has 1 aliphatic carbocycles. The van der Waals surface area contributed by atoms with Crippen molar-refractivity contribution < 1.29 is 17.9 Å². The summed E-state index contributed by atoms with van der Waals surface area (Å²) >= 11 is 0. The molecule has 1 saturated carbocycles. The number of amides is 1. The van der Waals surface area contributed by atoms with Gasteiger partial charge in [0.1, 0.15) is 5.60 Å². The second-order valence-corrected chi connectivity index (χ2v) is 13.5. The van der Waals surface area contributed by atoms with E-state index in [-0.39, 0.29) is 11.0 Å². The molecule has 3 N–H and O–H groups in total. The molecule has 1 amide bonds. The second-order valence-electron chi connectivity index (χ2n) is 11.7. The van der Waals surface area contributed by atoms with Crippen molar-refractivity contribution in [3.05, 3.63) is 54.1 Å². The average Bonchev–Trinajstić information content (AvgIpc) is 2.93. The maximum Gasteiger partial charge on any atom is 0.410 e. The van der Waals surface area contributed by atoms with Crippen molar-refractivity contribution in [2.24, 2.45) is 0 Å². The lowest BCUT2D eigenvalue weighted by Gasteiger charge is -2.35. The Morgan fingerprint density at radius 2 is 1.65 bits per heavy atom. The molecule has 0 bridgehead atoms. The highest BCUT2D eigenvalue weighted by molar-refractivity contribution is 7.89. The molecule has 2 aromatic carbocycles. The standard InChI is InChI=1S/C30H45N5O4S/c1-30(2,3)39-29(36)35-20-18-34(19-21-35)17-16-32-40(37,38)26-14-15-27(33-25-12-8-5-9-13-25)28(22-26)31-23-24-10-6-4-7-11-24/h4,6-7,10-11,14-15,22,25,31-33H,5,8-9,12-13,16-21,23H2,1-3H3. The maximum absolute atomic E-state index is 13.2. The van der Waals surface area contributed by atoms with Gasteiger partial charge in [0.2, 0.25) is 10.0 Å². The fraction of sp³-hybridized carbons (Fsp3) is 0.567. The van der Waals surface area contributed by atoms with Gasteiger partial charge in [0.05, 0.1) is 16.3 Å². The molecule has 2 aliphatic rings. The van der Waals surface area contributed by atoms with Crippen LogP contribution >= 0.6 is 0 Å². The largest absolute Gasteiger partial charge is 0.444 e. The van der Waals surface area contributed by atoms with E-state index in [4.69, 9.17) is 4.74 Å². The Bertz CT molecular complexity index is 1200. The van der Waals surface area contributed by atoms with Crippen LogP contribution in [-0.2, 0) is 21.3 Å². The van der Waals surface area contributed by atoms with E-state index in [1.807, 2.05) is 45.0 Å². The summed E-state index contributed by atoms with van der Waals surface area (Å²) in [5.74, 6) is 0. The van der Waals surface area contributed by atoms with Crippen molar-refractivity contribution in [2.45, 2.75) is 76.0 Å². The van der Waals surface area contributed by atoms with E-state index >= 15 is 0 Å². The average molecular weight is 572 g/mol. The van der Waals surface area contributed by atoms with Gasteiger partial charge in [-0.25, -0.2) is 17.9 Å². The number of hydrogen-bond donors (Lipinski definition) is 3. The normalized spacial score (nSPS) is 17.4. The summed E-state index contributed by atoms with van der Waals surface area (Å²) in [7, 11) is -3.69. The topological polar surface area (TPSA) is 103 Å². The minimum Gasteiger partial charge on any atom is -0.444 e. The number of nitrogens with one attached hydrogen (secondary N) is 3. The Hall–Kier alpha value is -2.82. The van der Waals surface area contributed by atoms with Gasteiger partial charge in [-0.15, -0.1) is 0 Å². The summed E-state index contributed by atoms with van der Waals surface area (Å²) in [6.45, 7) is 9.52. The van der Waals surface area contributed by atoms with Crippen LogP contribution < -0.4 is 15.4 Å². The summed E-state index contributed by atoms with van der Waals surface area (Å²) in [5, 5.41) is 7.11. The predicted molar refractivity (Wildman–Crippen MR) is 160 cm³/mol. The number of anilines is 2. The summed E-state index contributed by atoms with van der Waals surface area (Å²) < 4.78 is 34.7. The monoisotopic (exact) mass is 571 g/mol. The summed E-state index contributed by atoms with van der Waals surface area (Å²) in [5.41, 5.74) is 2.33. The Balaban J connectivity index is 1.34. The molecule has 2 aromatic rings. The molecule has 4 rings (SSSR count). The molecule has 40 heavy (non-hydrogen) atoms. The van der Waals surface area contributed by atoms with Crippen LogP contribution in [0, 0.1) is 0 Å². The third-order valence-electron chi connectivity index (χ3n) is 7.34. The smallest absolute Gasteiger partial charge is 0.410 e. The van der Waals surface area contributed by atoms with E-state index < -0.39 is 15.6 Å². The van der Waals surface area contributed by atoms with Crippen LogP contribution in [0.2, 0.25) is 0 Å². The highest BCUT2D eigenvalue weighted by Gasteiger charge is 2.26. The zero-order chi connectivity index (χ0) is 28.6. The van der Waals surface area contributed by atoms with Gasteiger partial charge >= 0.3 is 6.09 Å². The van der Waals surface area contributed by atoms with E-state index in [1.54, 1.807) is 17.0 Å². The number of rotatable bonds is 10. The van der Waals surface area contributed by atoms with Crippen LogP contribution in [0.5, 0.6) is 0 Å². The van der Waals surface area contributed by atoms with Gasteiger partial charge < -0.3 is 20.3 Å². The molecule has 1 aliphatic heterocycles. The molecular formula is C30H45N5O4S. The zero-order valence-corrected chi connectivity index (χ0v) is 24.9. The van der Waals surface area contributed by atoms with Crippen LogP contribution in [0.25, 0.3) is 0 Å². The number of sulfonamides is 1. The SMILES string of the molecule is CC(C)(C)OC(=O)N1CCN(CCNS(=O)(=O)c2ccc(NC3CCCCC3)c(NCc3ccccc3)c2)CC1. The maximum atomic E-state index is 13.2. The Kier molecular flexibility index (Phi) is 10.3. The van der Waals surface area contributed by atoms with Crippen LogP contribution in [0.15, 0.2) is 53.4 Å². The molecule has 0 aromatic heterocycles. The molecule has 0 spiro atoms. The Morgan fingerprint density at radius 1 is 0.950 bits per heavy atom. The summed E-state index contributed by atoms with van der Waals surface area (Å²) in [6, 6.07) is 15.8. The Morgan fingerprint density at radius 3 is 2.33 bits per heavy atom. The molecule has 9 nitrogen and oxygen atoms in total. The number of nitrogens with zero attached hydrogens (tertiary/aromatic N) is 2. The number of benzene rings is 2. The first-order valence-electron chi connectivity index (χ1n) is 14.5. The molecule has 2 fully saturated rings. The number of carbonyl (C=O) groups is 1.